The van der Waals surface area contributed by atoms with Crippen molar-refractivity contribution >= 4 is 5.97 Å². The SMILES string of the molecule is CC1CCC(Cn2nnc(C(=O)O)c2C(C)C)O1. The van der Waals surface area contributed by atoms with Crippen molar-refractivity contribution in [3.63, 3.8) is 0 Å². The zero-order chi connectivity index (χ0) is 13.3. The summed E-state index contributed by atoms with van der Waals surface area (Å²) >= 11 is 0. The molecule has 18 heavy (non-hydrogen) atoms. The van der Waals surface area contributed by atoms with Crippen molar-refractivity contribution in [3.8, 4) is 0 Å². The Labute approximate surface area is 106 Å². The lowest BCUT2D eigenvalue weighted by atomic mass is 10.1. The fourth-order valence-corrected chi connectivity index (χ4v) is 2.39. The van der Waals surface area contributed by atoms with Gasteiger partial charge in [-0.1, -0.05) is 19.1 Å². The van der Waals surface area contributed by atoms with Crippen molar-refractivity contribution in [3.05, 3.63) is 11.4 Å². The number of nitrogens with zero attached hydrogens (tertiary/aromatic N) is 3. The highest BCUT2D eigenvalue weighted by Gasteiger charge is 2.26. The minimum absolute atomic E-state index is 0.0519. The zero-order valence-corrected chi connectivity index (χ0v) is 11.0. The van der Waals surface area contributed by atoms with Crippen molar-refractivity contribution in [2.75, 3.05) is 0 Å². The number of rotatable bonds is 4. The summed E-state index contributed by atoms with van der Waals surface area (Å²) in [5.74, 6) is -0.949. The molecule has 1 aliphatic rings. The first-order valence-electron chi connectivity index (χ1n) is 6.31. The summed E-state index contributed by atoms with van der Waals surface area (Å²) in [4.78, 5) is 11.1. The van der Waals surface area contributed by atoms with E-state index >= 15 is 0 Å². The molecule has 1 aromatic rings. The first kappa shape index (κ1) is 13.0. The van der Waals surface area contributed by atoms with Gasteiger partial charge in [0.05, 0.1) is 24.4 Å². The second kappa shape index (κ2) is 5.06. The van der Waals surface area contributed by atoms with Gasteiger partial charge in [-0.05, 0) is 25.7 Å². The van der Waals surface area contributed by atoms with E-state index in [0.29, 0.717) is 12.2 Å². The molecule has 6 heteroatoms. The molecule has 0 aliphatic carbocycles. The van der Waals surface area contributed by atoms with E-state index in [1.54, 1.807) is 4.68 Å². The number of carboxylic acid groups (broad SMARTS) is 1. The molecule has 0 spiro atoms. The number of hydrogen-bond donors (Lipinski definition) is 1. The lowest BCUT2D eigenvalue weighted by Gasteiger charge is -2.14. The van der Waals surface area contributed by atoms with Gasteiger partial charge in [0.15, 0.2) is 5.69 Å². The van der Waals surface area contributed by atoms with E-state index in [0.717, 1.165) is 12.8 Å². The van der Waals surface area contributed by atoms with Crippen LogP contribution in [-0.2, 0) is 11.3 Å². The quantitative estimate of drug-likeness (QED) is 0.883. The van der Waals surface area contributed by atoms with Gasteiger partial charge in [0.25, 0.3) is 0 Å². The Morgan fingerprint density at radius 3 is 2.78 bits per heavy atom. The first-order chi connectivity index (χ1) is 8.49. The Bertz CT molecular complexity index is 442. The third-order valence-electron chi connectivity index (χ3n) is 3.22. The molecular weight excluding hydrogens is 234 g/mol. The summed E-state index contributed by atoms with van der Waals surface area (Å²) in [6, 6.07) is 0. The van der Waals surface area contributed by atoms with Gasteiger partial charge < -0.3 is 9.84 Å². The Morgan fingerprint density at radius 1 is 1.56 bits per heavy atom. The van der Waals surface area contributed by atoms with Crippen LogP contribution in [0.4, 0.5) is 0 Å². The predicted molar refractivity (Wildman–Crippen MR) is 64.6 cm³/mol. The van der Waals surface area contributed by atoms with E-state index in [9.17, 15) is 4.79 Å². The number of hydrogen-bond acceptors (Lipinski definition) is 4. The molecule has 1 N–H and O–H groups in total. The minimum atomic E-state index is -1.02. The second-order valence-corrected chi connectivity index (χ2v) is 5.11. The van der Waals surface area contributed by atoms with Gasteiger partial charge in [0, 0.05) is 0 Å². The van der Waals surface area contributed by atoms with Gasteiger partial charge in [0.1, 0.15) is 0 Å². The van der Waals surface area contributed by atoms with E-state index in [-0.39, 0.29) is 23.8 Å². The van der Waals surface area contributed by atoms with E-state index in [1.807, 2.05) is 20.8 Å². The molecule has 2 unspecified atom stereocenters. The van der Waals surface area contributed by atoms with Gasteiger partial charge in [-0.15, -0.1) is 5.10 Å². The van der Waals surface area contributed by atoms with Crippen LogP contribution in [0, 0.1) is 0 Å². The molecule has 0 amide bonds. The van der Waals surface area contributed by atoms with Crippen LogP contribution in [0.1, 0.15) is 55.7 Å². The monoisotopic (exact) mass is 253 g/mol. The lowest BCUT2D eigenvalue weighted by molar-refractivity contribution is 0.0426. The van der Waals surface area contributed by atoms with Crippen LogP contribution in [0.2, 0.25) is 0 Å². The summed E-state index contributed by atoms with van der Waals surface area (Å²) < 4.78 is 7.41. The molecule has 0 bridgehead atoms. The number of aromatic carboxylic acids is 1. The molecule has 6 nitrogen and oxygen atoms in total. The second-order valence-electron chi connectivity index (χ2n) is 5.11. The molecule has 2 heterocycles. The van der Waals surface area contributed by atoms with Crippen molar-refractivity contribution in [1.29, 1.82) is 0 Å². The van der Waals surface area contributed by atoms with Gasteiger partial charge in [-0.2, -0.15) is 0 Å². The molecular formula is C12H19N3O3. The summed E-state index contributed by atoms with van der Waals surface area (Å²) in [5, 5.41) is 16.8. The van der Waals surface area contributed by atoms with Crippen LogP contribution >= 0.6 is 0 Å². The number of carboxylic acids is 1. The van der Waals surface area contributed by atoms with Crippen molar-refractivity contribution in [2.24, 2.45) is 0 Å². The number of aromatic nitrogens is 3. The molecule has 1 aromatic heterocycles. The minimum Gasteiger partial charge on any atom is -0.476 e. The maximum absolute atomic E-state index is 11.1. The molecule has 1 fully saturated rings. The van der Waals surface area contributed by atoms with Crippen LogP contribution in [0.5, 0.6) is 0 Å². The van der Waals surface area contributed by atoms with E-state index in [4.69, 9.17) is 9.84 Å². The summed E-state index contributed by atoms with van der Waals surface area (Å²) in [7, 11) is 0. The smallest absolute Gasteiger partial charge is 0.358 e. The Morgan fingerprint density at radius 2 is 2.28 bits per heavy atom. The highest BCUT2D eigenvalue weighted by molar-refractivity contribution is 5.86. The number of carbonyl (C=O) groups is 1. The Kier molecular flexibility index (Phi) is 3.65. The lowest BCUT2D eigenvalue weighted by Crippen LogP contribution is -2.20. The normalized spacial score (nSPS) is 23.8. The van der Waals surface area contributed by atoms with Gasteiger partial charge in [-0.25, -0.2) is 9.48 Å². The van der Waals surface area contributed by atoms with E-state index in [2.05, 4.69) is 10.3 Å². The molecule has 0 saturated carbocycles. The zero-order valence-electron chi connectivity index (χ0n) is 11.0. The van der Waals surface area contributed by atoms with Gasteiger partial charge in [0.2, 0.25) is 0 Å². The molecule has 2 atom stereocenters. The Balaban J connectivity index is 2.20. The maximum Gasteiger partial charge on any atom is 0.358 e. The summed E-state index contributed by atoms with van der Waals surface area (Å²) in [6.45, 7) is 6.52. The highest BCUT2D eigenvalue weighted by Crippen LogP contribution is 2.23. The fraction of sp³-hybridized carbons (Fsp3) is 0.750. The summed E-state index contributed by atoms with van der Waals surface area (Å²) in [5.41, 5.74) is 0.724. The molecule has 0 radical (unpaired) electrons. The molecule has 100 valence electrons. The Hall–Kier alpha value is -1.43. The van der Waals surface area contributed by atoms with Gasteiger partial charge in [-0.3, -0.25) is 0 Å². The van der Waals surface area contributed by atoms with Crippen LogP contribution < -0.4 is 0 Å². The molecule has 1 aliphatic heterocycles. The van der Waals surface area contributed by atoms with Crippen LogP contribution in [-0.4, -0.2) is 38.3 Å². The van der Waals surface area contributed by atoms with Crippen LogP contribution in [0.15, 0.2) is 0 Å². The maximum atomic E-state index is 11.1. The average Bonchev–Trinajstić information content (AvgIpc) is 2.85. The standard InChI is InChI=1S/C12H19N3O3/c1-7(2)11-10(12(16)17)13-14-15(11)6-9-5-4-8(3)18-9/h7-9H,4-6H2,1-3H3,(H,16,17). The fourth-order valence-electron chi connectivity index (χ4n) is 2.39. The third-order valence-corrected chi connectivity index (χ3v) is 3.22. The molecule has 2 rings (SSSR count). The van der Waals surface area contributed by atoms with Crippen LogP contribution in [0.25, 0.3) is 0 Å². The van der Waals surface area contributed by atoms with Crippen molar-refractivity contribution in [2.45, 2.75) is 58.3 Å². The largest absolute Gasteiger partial charge is 0.476 e. The topological polar surface area (TPSA) is 77.2 Å². The van der Waals surface area contributed by atoms with E-state index in [1.165, 1.54) is 0 Å². The third kappa shape index (κ3) is 2.53. The molecule has 1 saturated heterocycles. The predicted octanol–water partition coefficient (Wildman–Crippen LogP) is 1.67. The van der Waals surface area contributed by atoms with Crippen molar-refractivity contribution < 1.29 is 14.6 Å². The summed E-state index contributed by atoms with van der Waals surface area (Å²) in [6.07, 6.45) is 2.42. The van der Waals surface area contributed by atoms with Gasteiger partial charge >= 0.3 is 5.97 Å². The highest BCUT2D eigenvalue weighted by atomic mass is 16.5. The molecule has 0 aromatic carbocycles. The number of ether oxygens (including phenoxy) is 1. The average molecular weight is 253 g/mol. The first-order valence-corrected chi connectivity index (χ1v) is 6.31. The van der Waals surface area contributed by atoms with Crippen molar-refractivity contribution in [1.82, 2.24) is 15.0 Å². The van der Waals surface area contributed by atoms with E-state index < -0.39 is 5.97 Å². The van der Waals surface area contributed by atoms with Crippen LogP contribution in [0.3, 0.4) is 0 Å².